The second-order valence-electron chi connectivity index (χ2n) is 7.35. The molecule has 0 aromatic heterocycles. The van der Waals surface area contributed by atoms with Crippen LogP contribution in [0, 0.1) is 0 Å². The lowest BCUT2D eigenvalue weighted by molar-refractivity contribution is 0.590. The van der Waals surface area contributed by atoms with Crippen LogP contribution in [-0.2, 0) is 12.8 Å². The highest BCUT2D eigenvalue weighted by atomic mass is 35.7. The molecule has 0 fully saturated rings. The minimum absolute atomic E-state index is 0.0553. The topological polar surface area (TPSA) is 0 Å². The Hall–Kier alpha value is 0.814. The van der Waals surface area contributed by atoms with Crippen LogP contribution in [0.5, 0.6) is 0 Å². The highest BCUT2D eigenvalue weighted by Gasteiger charge is 2.29. The van der Waals surface area contributed by atoms with E-state index in [1.54, 1.807) is 0 Å². The van der Waals surface area contributed by atoms with Gasteiger partial charge < -0.3 is 0 Å². The van der Waals surface area contributed by atoms with Crippen molar-refractivity contribution in [3.63, 3.8) is 0 Å². The summed E-state index contributed by atoms with van der Waals surface area (Å²) in [6, 6.07) is 8.64. The Morgan fingerprint density at radius 1 is 0.727 bits per heavy atom. The highest BCUT2D eigenvalue weighted by Crippen LogP contribution is 2.40. The molecule has 0 atom stereocenters. The molecule has 0 unspecified atom stereocenters. The van der Waals surface area contributed by atoms with Gasteiger partial charge in [0.2, 0.25) is 14.8 Å². The van der Waals surface area contributed by atoms with E-state index < -0.39 is 14.8 Å². The first-order chi connectivity index (χ1) is 10.1. The van der Waals surface area contributed by atoms with Crippen LogP contribution < -0.4 is 0 Å². The minimum atomic E-state index is -1.68. The molecular weight excluding hydrogens is 390 g/mol. The molecule has 0 nitrogen and oxygen atoms in total. The number of rotatable bonds is 8. The van der Waals surface area contributed by atoms with Gasteiger partial charge in [-0.1, -0.05) is 52.0 Å². The van der Waals surface area contributed by atoms with Crippen molar-refractivity contribution in [1.29, 1.82) is 0 Å². The summed E-state index contributed by atoms with van der Waals surface area (Å²) in [7, 11) is -3.36. The summed E-state index contributed by atoms with van der Waals surface area (Å²) in [4.78, 5) is 0. The Kier molecular flexibility index (Phi) is 8.32. The maximum absolute atomic E-state index is 6.21. The lowest BCUT2D eigenvalue weighted by Gasteiger charge is -2.26. The van der Waals surface area contributed by atoms with Crippen LogP contribution >= 0.6 is 44.3 Å². The summed E-state index contributed by atoms with van der Waals surface area (Å²) < 4.78 is 0. The maximum Gasteiger partial charge on any atom is 0.242 e. The number of benzene rings is 1. The van der Waals surface area contributed by atoms with Crippen molar-refractivity contribution in [1.82, 2.24) is 0 Å². The van der Waals surface area contributed by atoms with Crippen LogP contribution in [-0.4, -0.2) is 14.8 Å². The molecule has 0 bridgehead atoms. The predicted octanol–water partition coefficient (Wildman–Crippen LogP) is 6.51. The van der Waals surface area contributed by atoms with Gasteiger partial charge in [-0.3, -0.25) is 0 Å². The standard InChI is InChI=1S/C16H26Cl4Si2/c1-15(2,21(17)18)11-9-13-7-5-6-8-14(13)10-12-16(3,4)22(19)20/h5-8,21-22H,9-12H2,1-4H3. The molecule has 0 N–H and O–H groups in total. The smallest absolute Gasteiger partial charge is 0.150 e. The number of aryl methyl sites for hydroxylation is 2. The summed E-state index contributed by atoms with van der Waals surface area (Å²) in [5, 5.41) is 0.111. The van der Waals surface area contributed by atoms with Crippen molar-refractivity contribution in [2.24, 2.45) is 0 Å². The van der Waals surface area contributed by atoms with Crippen LogP contribution in [0.2, 0.25) is 10.1 Å². The van der Waals surface area contributed by atoms with Crippen LogP contribution in [0.1, 0.15) is 51.7 Å². The first-order valence-corrected chi connectivity index (χ1v) is 15.8. The molecule has 6 heteroatoms. The number of halogens is 4. The second kappa shape index (κ2) is 8.78. The normalized spacial score (nSPS) is 13.2. The van der Waals surface area contributed by atoms with Crippen molar-refractivity contribution in [3.05, 3.63) is 35.4 Å². The van der Waals surface area contributed by atoms with Gasteiger partial charge in [0.15, 0.2) is 0 Å². The van der Waals surface area contributed by atoms with Crippen molar-refractivity contribution in [2.45, 2.75) is 63.5 Å². The van der Waals surface area contributed by atoms with Gasteiger partial charge in [-0.2, -0.15) is 0 Å². The zero-order valence-corrected chi connectivity index (χ0v) is 19.1. The fraction of sp³-hybridized carbons (Fsp3) is 0.625. The Bertz CT molecular complexity index is 430. The third-order valence-corrected chi connectivity index (χ3v) is 14.4. The van der Waals surface area contributed by atoms with Gasteiger partial charge in [-0.25, -0.2) is 0 Å². The molecule has 1 aromatic carbocycles. The summed E-state index contributed by atoms with van der Waals surface area (Å²) in [5.41, 5.74) is 2.80. The first-order valence-electron chi connectivity index (χ1n) is 7.69. The Balaban J connectivity index is 2.74. The van der Waals surface area contributed by atoms with Gasteiger partial charge in [-0.15, -0.1) is 44.3 Å². The third-order valence-electron chi connectivity index (χ3n) is 4.38. The lowest BCUT2D eigenvalue weighted by atomic mass is 9.93. The van der Waals surface area contributed by atoms with Gasteiger partial charge in [-0.05, 0) is 46.9 Å². The summed E-state index contributed by atoms with van der Waals surface area (Å²) in [6.45, 7) is 8.69. The minimum Gasteiger partial charge on any atom is -0.150 e. The molecule has 0 amide bonds. The zero-order chi connectivity index (χ0) is 17.0. The van der Waals surface area contributed by atoms with Crippen LogP contribution in [0.4, 0.5) is 0 Å². The van der Waals surface area contributed by atoms with Crippen LogP contribution in [0.3, 0.4) is 0 Å². The Labute approximate surface area is 157 Å². The SMILES string of the molecule is CC(C)(CCc1ccccc1CCC(C)(C)[SiH](Cl)Cl)[SiH](Cl)Cl. The van der Waals surface area contributed by atoms with Gasteiger partial charge in [0, 0.05) is 0 Å². The summed E-state index contributed by atoms with van der Waals surface area (Å²) >= 11 is 24.8. The van der Waals surface area contributed by atoms with E-state index in [0.29, 0.717) is 0 Å². The van der Waals surface area contributed by atoms with E-state index in [1.807, 2.05) is 0 Å². The number of hydrogen-bond acceptors (Lipinski definition) is 0. The molecule has 0 saturated heterocycles. The molecule has 0 aliphatic carbocycles. The van der Waals surface area contributed by atoms with Crippen LogP contribution in [0.15, 0.2) is 24.3 Å². The quantitative estimate of drug-likeness (QED) is 0.335. The van der Waals surface area contributed by atoms with Gasteiger partial charge in [0.05, 0.1) is 0 Å². The van der Waals surface area contributed by atoms with E-state index in [1.165, 1.54) is 11.1 Å². The first kappa shape index (κ1) is 20.9. The van der Waals surface area contributed by atoms with Crippen molar-refractivity contribution >= 4 is 59.1 Å². The molecule has 0 saturated carbocycles. The zero-order valence-electron chi connectivity index (χ0n) is 13.8. The molecule has 0 aliphatic heterocycles. The lowest BCUT2D eigenvalue weighted by Crippen LogP contribution is -2.19. The van der Waals surface area contributed by atoms with Gasteiger partial charge in [0.1, 0.15) is 0 Å². The molecule has 0 radical (unpaired) electrons. The van der Waals surface area contributed by atoms with E-state index in [0.717, 1.165) is 25.7 Å². The Morgan fingerprint density at radius 2 is 1.05 bits per heavy atom. The molecular formula is C16H26Cl4Si2. The van der Waals surface area contributed by atoms with Gasteiger partial charge >= 0.3 is 0 Å². The highest BCUT2D eigenvalue weighted by molar-refractivity contribution is 7.35. The van der Waals surface area contributed by atoms with E-state index in [2.05, 4.69) is 52.0 Å². The predicted molar refractivity (Wildman–Crippen MR) is 109 cm³/mol. The average Bonchev–Trinajstić information content (AvgIpc) is 2.43. The molecule has 22 heavy (non-hydrogen) atoms. The van der Waals surface area contributed by atoms with E-state index >= 15 is 0 Å². The third kappa shape index (κ3) is 6.37. The van der Waals surface area contributed by atoms with Crippen molar-refractivity contribution in [2.75, 3.05) is 0 Å². The van der Waals surface area contributed by atoms with E-state index in [-0.39, 0.29) is 10.1 Å². The Morgan fingerprint density at radius 3 is 1.32 bits per heavy atom. The molecule has 0 spiro atoms. The fourth-order valence-electron chi connectivity index (χ4n) is 2.18. The monoisotopic (exact) mass is 414 g/mol. The van der Waals surface area contributed by atoms with Crippen molar-refractivity contribution in [3.8, 4) is 0 Å². The summed E-state index contributed by atoms with van der Waals surface area (Å²) in [6.07, 6.45) is 4.10. The molecule has 0 heterocycles. The molecule has 126 valence electrons. The van der Waals surface area contributed by atoms with Gasteiger partial charge in [0.25, 0.3) is 0 Å². The largest absolute Gasteiger partial charge is 0.242 e. The fourth-order valence-corrected chi connectivity index (χ4v) is 4.21. The van der Waals surface area contributed by atoms with E-state index in [9.17, 15) is 0 Å². The molecule has 1 rings (SSSR count). The molecule has 0 aliphatic rings. The average molecular weight is 416 g/mol. The maximum atomic E-state index is 6.21. The number of hydrogen-bond donors (Lipinski definition) is 0. The van der Waals surface area contributed by atoms with E-state index in [4.69, 9.17) is 44.3 Å². The van der Waals surface area contributed by atoms with Crippen molar-refractivity contribution < 1.29 is 0 Å². The van der Waals surface area contributed by atoms with Crippen LogP contribution in [0.25, 0.3) is 0 Å². The second-order valence-corrected chi connectivity index (χ2v) is 18.3. The molecule has 1 aromatic rings. The summed E-state index contributed by atoms with van der Waals surface area (Å²) in [5.74, 6) is 0.